The Labute approximate surface area is 178 Å². The SMILES string of the molecule is CCNC(=NCC(CO)c1ccccc1)NCCc1nccn1Cc1ccccc1. The first-order valence-electron chi connectivity index (χ1n) is 10.5. The van der Waals surface area contributed by atoms with Gasteiger partial charge in [0.05, 0.1) is 13.2 Å². The van der Waals surface area contributed by atoms with E-state index >= 15 is 0 Å². The molecular weight excluding hydrogens is 374 g/mol. The van der Waals surface area contributed by atoms with Crippen LogP contribution >= 0.6 is 0 Å². The summed E-state index contributed by atoms with van der Waals surface area (Å²) < 4.78 is 2.18. The minimum Gasteiger partial charge on any atom is -0.396 e. The van der Waals surface area contributed by atoms with Crippen LogP contribution in [0.3, 0.4) is 0 Å². The lowest BCUT2D eigenvalue weighted by Gasteiger charge is -2.15. The van der Waals surface area contributed by atoms with Gasteiger partial charge in [-0.1, -0.05) is 60.7 Å². The Kier molecular flexibility index (Phi) is 8.47. The van der Waals surface area contributed by atoms with E-state index in [9.17, 15) is 5.11 Å². The summed E-state index contributed by atoms with van der Waals surface area (Å²) in [5, 5.41) is 16.4. The zero-order valence-corrected chi connectivity index (χ0v) is 17.5. The van der Waals surface area contributed by atoms with E-state index in [0.717, 1.165) is 43.4 Å². The first-order chi connectivity index (χ1) is 14.8. The number of guanidine groups is 1. The van der Waals surface area contributed by atoms with Gasteiger partial charge in [-0.25, -0.2) is 4.98 Å². The fourth-order valence-corrected chi connectivity index (χ4v) is 3.32. The monoisotopic (exact) mass is 405 g/mol. The Bertz CT molecular complexity index is 892. The van der Waals surface area contributed by atoms with Crippen LogP contribution < -0.4 is 10.6 Å². The van der Waals surface area contributed by atoms with Crippen molar-refractivity contribution in [2.45, 2.75) is 25.8 Å². The van der Waals surface area contributed by atoms with Crippen LogP contribution in [0.15, 0.2) is 78.0 Å². The minimum absolute atomic E-state index is 0.00794. The fraction of sp³-hybridized carbons (Fsp3) is 0.333. The molecule has 1 atom stereocenters. The predicted molar refractivity (Wildman–Crippen MR) is 122 cm³/mol. The van der Waals surface area contributed by atoms with Crippen molar-refractivity contribution in [2.75, 3.05) is 26.2 Å². The molecule has 30 heavy (non-hydrogen) atoms. The highest BCUT2D eigenvalue weighted by Gasteiger charge is 2.10. The number of nitrogens with one attached hydrogen (secondary N) is 2. The zero-order valence-electron chi connectivity index (χ0n) is 17.5. The van der Waals surface area contributed by atoms with Crippen LogP contribution in [0, 0.1) is 0 Å². The molecule has 3 N–H and O–H groups in total. The van der Waals surface area contributed by atoms with Crippen LogP contribution in [0.1, 0.15) is 29.8 Å². The van der Waals surface area contributed by atoms with E-state index in [1.807, 2.05) is 55.7 Å². The highest BCUT2D eigenvalue weighted by Crippen LogP contribution is 2.15. The van der Waals surface area contributed by atoms with Crippen LogP contribution in [0.25, 0.3) is 0 Å². The standard InChI is InChI=1S/C24H31N5O/c1-2-25-24(28-17-22(19-30)21-11-7-4-8-12-21)27-14-13-23-26-15-16-29(23)18-20-9-5-3-6-10-20/h3-12,15-16,22,30H,2,13-14,17-19H2,1H3,(H2,25,27,28). The van der Waals surface area contributed by atoms with Crippen LogP contribution in [0.4, 0.5) is 0 Å². The molecule has 1 unspecified atom stereocenters. The van der Waals surface area contributed by atoms with Gasteiger partial charge in [0.1, 0.15) is 5.82 Å². The maximum atomic E-state index is 9.75. The van der Waals surface area contributed by atoms with Gasteiger partial charge in [-0.3, -0.25) is 4.99 Å². The van der Waals surface area contributed by atoms with Crippen LogP contribution in [-0.2, 0) is 13.0 Å². The Morgan fingerprint density at radius 3 is 2.50 bits per heavy atom. The molecule has 0 spiro atoms. The molecule has 6 nitrogen and oxygen atoms in total. The third-order valence-electron chi connectivity index (χ3n) is 4.94. The number of benzene rings is 2. The number of rotatable bonds is 10. The summed E-state index contributed by atoms with van der Waals surface area (Å²) in [4.78, 5) is 9.19. The van der Waals surface area contributed by atoms with Crippen molar-refractivity contribution in [2.24, 2.45) is 4.99 Å². The Morgan fingerprint density at radius 1 is 1.07 bits per heavy atom. The van der Waals surface area contributed by atoms with Crippen molar-refractivity contribution < 1.29 is 5.11 Å². The molecule has 0 saturated heterocycles. The van der Waals surface area contributed by atoms with Crippen LogP contribution in [0.5, 0.6) is 0 Å². The molecule has 3 rings (SSSR count). The quantitative estimate of drug-likeness (QED) is 0.358. The summed E-state index contributed by atoms with van der Waals surface area (Å²) in [6.45, 7) is 4.97. The van der Waals surface area contributed by atoms with Crippen molar-refractivity contribution in [3.8, 4) is 0 Å². The van der Waals surface area contributed by atoms with E-state index < -0.39 is 0 Å². The van der Waals surface area contributed by atoms with E-state index in [-0.39, 0.29) is 12.5 Å². The summed E-state index contributed by atoms with van der Waals surface area (Å²) >= 11 is 0. The smallest absolute Gasteiger partial charge is 0.191 e. The van der Waals surface area contributed by atoms with Crippen molar-refractivity contribution >= 4 is 5.96 Å². The summed E-state index contributed by atoms with van der Waals surface area (Å²) in [6.07, 6.45) is 4.67. The molecule has 0 bridgehead atoms. The summed E-state index contributed by atoms with van der Waals surface area (Å²) in [5.41, 5.74) is 2.36. The average molecular weight is 406 g/mol. The second-order valence-corrected chi connectivity index (χ2v) is 7.14. The third-order valence-corrected chi connectivity index (χ3v) is 4.94. The molecule has 0 radical (unpaired) electrons. The maximum absolute atomic E-state index is 9.75. The lowest BCUT2D eigenvalue weighted by atomic mass is 10.0. The summed E-state index contributed by atoms with van der Waals surface area (Å²) in [7, 11) is 0. The van der Waals surface area contributed by atoms with Gasteiger partial charge in [-0.15, -0.1) is 0 Å². The molecule has 0 amide bonds. The van der Waals surface area contributed by atoms with E-state index in [2.05, 4.69) is 49.4 Å². The number of aliphatic imine (C=N–C) groups is 1. The molecule has 0 aliphatic heterocycles. The van der Waals surface area contributed by atoms with E-state index in [4.69, 9.17) is 0 Å². The summed E-state index contributed by atoms with van der Waals surface area (Å²) in [6, 6.07) is 20.4. The Hall–Kier alpha value is -3.12. The van der Waals surface area contributed by atoms with Gasteiger partial charge >= 0.3 is 0 Å². The summed E-state index contributed by atoms with van der Waals surface area (Å²) in [5.74, 6) is 1.79. The number of hydrogen-bond acceptors (Lipinski definition) is 3. The molecule has 0 aliphatic carbocycles. The second-order valence-electron chi connectivity index (χ2n) is 7.14. The van der Waals surface area contributed by atoms with Crippen LogP contribution in [0.2, 0.25) is 0 Å². The molecular formula is C24H31N5O. The van der Waals surface area contributed by atoms with Gasteiger partial charge in [0.2, 0.25) is 0 Å². The molecule has 0 aliphatic rings. The lowest BCUT2D eigenvalue weighted by molar-refractivity contribution is 0.268. The van der Waals surface area contributed by atoms with Gasteiger partial charge in [-0.05, 0) is 18.1 Å². The van der Waals surface area contributed by atoms with Gasteiger partial charge in [0.15, 0.2) is 5.96 Å². The first kappa shape index (κ1) is 21.6. The van der Waals surface area contributed by atoms with Crippen molar-refractivity contribution in [1.29, 1.82) is 0 Å². The van der Waals surface area contributed by atoms with E-state index in [1.54, 1.807) is 0 Å². The van der Waals surface area contributed by atoms with Gasteiger partial charge in [0.25, 0.3) is 0 Å². The molecule has 6 heteroatoms. The Balaban J connectivity index is 1.55. The third kappa shape index (κ3) is 6.46. The molecule has 1 heterocycles. The number of imidazole rings is 1. The predicted octanol–water partition coefficient (Wildman–Crippen LogP) is 2.81. The van der Waals surface area contributed by atoms with Crippen molar-refractivity contribution in [1.82, 2.24) is 20.2 Å². The highest BCUT2D eigenvalue weighted by molar-refractivity contribution is 5.79. The normalized spacial score (nSPS) is 12.5. The lowest BCUT2D eigenvalue weighted by Crippen LogP contribution is -2.39. The zero-order chi connectivity index (χ0) is 21.0. The molecule has 2 aromatic carbocycles. The number of nitrogens with zero attached hydrogens (tertiary/aromatic N) is 3. The van der Waals surface area contributed by atoms with Crippen LogP contribution in [-0.4, -0.2) is 46.9 Å². The average Bonchev–Trinajstić information content (AvgIpc) is 3.22. The maximum Gasteiger partial charge on any atom is 0.191 e. The number of aromatic nitrogens is 2. The fourth-order valence-electron chi connectivity index (χ4n) is 3.32. The van der Waals surface area contributed by atoms with Gasteiger partial charge < -0.3 is 20.3 Å². The number of aliphatic hydroxyl groups is 1. The topological polar surface area (TPSA) is 74.5 Å². The number of hydrogen-bond donors (Lipinski definition) is 3. The molecule has 1 aromatic heterocycles. The number of aliphatic hydroxyl groups excluding tert-OH is 1. The molecule has 0 saturated carbocycles. The minimum atomic E-state index is -0.00794. The Morgan fingerprint density at radius 2 is 1.80 bits per heavy atom. The first-order valence-corrected chi connectivity index (χ1v) is 10.5. The molecule has 0 fully saturated rings. The highest BCUT2D eigenvalue weighted by atomic mass is 16.3. The van der Waals surface area contributed by atoms with E-state index in [0.29, 0.717) is 6.54 Å². The second kappa shape index (κ2) is 11.8. The van der Waals surface area contributed by atoms with Crippen molar-refractivity contribution in [3.05, 3.63) is 90.0 Å². The van der Waals surface area contributed by atoms with Gasteiger partial charge in [0, 0.05) is 44.4 Å². The molecule has 3 aromatic rings. The largest absolute Gasteiger partial charge is 0.396 e. The van der Waals surface area contributed by atoms with E-state index in [1.165, 1.54) is 5.56 Å². The van der Waals surface area contributed by atoms with Crippen molar-refractivity contribution in [3.63, 3.8) is 0 Å². The van der Waals surface area contributed by atoms with Gasteiger partial charge in [-0.2, -0.15) is 0 Å². The molecule has 158 valence electrons.